The van der Waals surface area contributed by atoms with Crippen molar-refractivity contribution in [2.45, 2.75) is 87.0 Å². The number of hydrogen-bond acceptors (Lipinski definition) is 5. The minimum Gasteiger partial charge on any atom is -0.512 e. The predicted octanol–water partition coefficient (Wildman–Crippen LogP) is 12.4. The summed E-state index contributed by atoms with van der Waals surface area (Å²) in [6, 6.07) is 27.3. The number of carbonyl (C=O) groups excluding carboxylic acids is 1. The predicted molar refractivity (Wildman–Crippen MR) is 201 cm³/mol. The number of carbonyl (C=O) groups is 1. The van der Waals surface area contributed by atoms with Gasteiger partial charge in [0.1, 0.15) is 16.9 Å². The molecular weight excluding hydrogens is 789 g/mol. The van der Waals surface area contributed by atoms with Gasteiger partial charge in [0, 0.05) is 52.8 Å². The molecule has 2 aromatic heterocycles. The molecule has 1 radical (unpaired) electrons. The molecule has 4 aromatic carbocycles. The van der Waals surface area contributed by atoms with E-state index in [1.54, 1.807) is 17.7 Å². The zero-order chi connectivity index (χ0) is 33.9. The number of allylic oxidation sites excluding steroid dienone is 2. The molecule has 0 bridgehead atoms. The van der Waals surface area contributed by atoms with Crippen molar-refractivity contribution in [1.29, 1.82) is 0 Å². The van der Waals surface area contributed by atoms with E-state index in [9.17, 15) is 9.90 Å². The number of aliphatic hydroxyl groups excluding tert-OH is 1. The summed E-state index contributed by atoms with van der Waals surface area (Å²) < 4.78 is 1.27. The van der Waals surface area contributed by atoms with Crippen molar-refractivity contribution in [2.24, 2.45) is 10.8 Å². The molecule has 0 fully saturated rings. The van der Waals surface area contributed by atoms with E-state index < -0.39 is 0 Å². The molecule has 0 atom stereocenters. The van der Waals surface area contributed by atoms with Crippen LogP contribution in [-0.2, 0) is 24.9 Å². The number of hydrogen-bond donors (Lipinski definition) is 1. The molecule has 6 heteroatoms. The minimum absolute atomic E-state index is 0. The number of rotatable bonds is 9. The Kier molecular flexibility index (Phi) is 12.0. The van der Waals surface area contributed by atoms with Gasteiger partial charge in [0.15, 0.2) is 5.78 Å². The van der Waals surface area contributed by atoms with Gasteiger partial charge in [-0.05, 0) is 41.8 Å². The van der Waals surface area contributed by atoms with E-state index in [0.717, 1.165) is 47.2 Å². The van der Waals surface area contributed by atoms with Crippen LogP contribution in [0.2, 0.25) is 0 Å². The van der Waals surface area contributed by atoms with E-state index in [0.29, 0.717) is 5.92 Å². The maximum absolute atomic E-state index is 12.2. The molecule has 0 saturated carbocycles. The third-order valence-electron chi connectivity index (χ3n) is 10.5. The third-order valence-corrected chi connectivity index (χ3v) is 11.6. The van der Waals surface area contributed by atoms with E-state index in [1.807, 2.05) is 41.5 Å². The van der Waals surface area contributed by atoms with Gasteiger partial charge in [-0.1, -0.05) is 133 Å². The second kappa shape index (κ2) is 15.4. The molecule has 0 aliphatic rings. The van der Waals surface area contributed by atoms with E-state index in [-0.39, 0.29) is 42.5 Å². The second-order valence-electron chi connectivity index (χ2n) is 13.4. The zero-order valence-electron chi connectivity index (χ0n) is 29.4. The molecule has 0 aliphatic carbocycles. The van der Waals surface area contributed by atoms with Gasteiger partial charge in [0.05, 0.1) is 0 Å². The van der Waals surface area contributed by atoms with Crippen molar-refractivity contribution >= 4 is 59.0 Å². The average Bonchev–Trinajstić information content (AvgIpc) is 3.50. The Hall–Kier alpha value is -3.44. The van der Waals surface area contributed by atoms with E-state index in [1.165, 1.54) is 43.3 Å². The first-order chi connectivity index (χ1) is 22.5. The molecule has 6 aromatic rings. The van der Waals surface area contributed by atoms with Gasteiger partial charge in [-0.15, -0.1) is 34.6 Å². The first-order valence-electron chi connectivity index (χ1n) is 17.0. The van der Waals surface area contributed by atoms with Crippen molar-refractivity contribution in [3.05, 3.63) is 96.5 Å². The summed E-state index contributed by atoms with van der Waals surface area (Å²) in [5.74, 6) is 0.729. The van der Waals surface area contributed by atoms with Crippen molar-refractivity contribution < 1.29 is 30.0 Å². The average molecular weight is 836 g/mol. The van der Waals surface area contributed by atoms with Crippen LogP contribution in [0.15, 0.2) is 84.9 Å². The van der Waals surface area contributed by atoms with Crippen LogP contribution in [0.5, 0.6) is 0 Å². The van der Waals surface area contributed by atoms with E-state index >= 15 is 0 Å². The van der Waals surface area contributed by atoms with E-state index in [2.05, 4.69) is 91.6 Å². The number of fused-ring (bicyclic) bond motifs is 6. The van der Waals surface area contributed by atoms with Crippen molar-refractivity contribution in [3.63, 3.8) is 0 Å². The number of aromatic nitrogens is 2. The van der Waals surface area contributed by atoms with Gasteiger partial charge in [-0.3, -0.25) is 9.78 Å². The SMILES string of the molecule is CC(C)c1c[c-]c(-c2ncnc3sc4c5ccccc5ccc4c23)c2ccccc12.CCC(C)(CC)C(=O)/C=C(\O)C(C)(CC)CC.[Ir]. The monoisotopic (exact) mass is 836 g/mol. The Morgan fingerprint density at radius 3 is 2.06 bits per heavy atom. The summed E-state index contributed by atoms with van der Waals surface area (Å²) in [4.78, 5) is 22.6. The Labute approximate surface area is 303 Å². The summed E-state index contributed by atoms with van der Waals surface area (Å²) in [6.45, 7) is 16.5. The van der Waals surface area contributed by atoms with Gasteiger partial charge in [-0.2, -0.15) is 0 Å². The smallest absolute Gasteiger partial charge is 0.164 e. The molecule has 0 saturated heterocycles. The van der Waals surface area contributed by atoms with Gasteiger partial charge in [0.2, 0.25) is 0 Å². The number of nitrogens with zero attached hydrogens (tertiary/aromatic N) is 2. The van der Waals surface area contributed by atoms with Crippen molar-refractivity contribution in [3.8, 4) is 11.3 Å². The Morgan fingerprint density at radius 2 is 1.44 bits per heavy atom. The Bertz CT molecular complexity index is 2090. The molecule has 253 valence electrons. The van der Waals surface area contributed by atoms with Crippen LogP contribution in [0.25, 0.3) is 53.1 Å². The molecule has 48 heavy (non-hydrogen) atoms. The normalized spacial score (nSPS) is 12.4. The fourth-order valence-electron chi connectivity index (χ4n) is 6.14. The van der Waals surface area contributed by atoms with Gasteiger partial charge >= 0.3 is 0 Å². The molecular formula is C42H47IrN2O2S-. The van der Waals surface area contributed by atoms with Gasteiger partial charge < -0.3 is 5.11 Å². The molecule has 1 N–H and O–H groups in total. The van der Waals surface area contributed by atoms with Crippen LogP contribution in [0.3, 0.4) is 0 Å². The van der Waals surface area contributed by atoms with Crippen LogP contribution in [0.4, 0.5) is 0 Å². The third kappa shape index (κ3) is 6.99. The molecule has 0 spiro atoms. The summed E-state index contributed by atoms with van der Waals surface area (Å²) in [5, 5.41) is 17.5. The molecule has 0 unspecified atom stereocenters. The maximum Gasteiger partial charge on any atom is 0.164 e. The summed E-state index contributed by atoms with van der Waals surface area (Å²) in [6.07, 6.45) is 6.44. The minimum atomic E-state index is -0.337. The molecule has 6 rings (SSSR count). The first-order valence-corrected chi connectivity index (χ1v) is 17.8. The van der Waals surface area contributed by atoms with Crippen LogP contribution in [0.1, 0.15) is 92.6 Å². The number of thiophene rings is 1. The number of aliphatic hydroxyl groups is 1. The molecule has 0 amide bonds. The molecule has 4 nitrogen and oxygen atoms in total. The van der Waals surface area contributed by atoms with Crippen LogP contribution < -0.4 is 0 Å². The van der Waals surface area contributed by atoms with Crippen LogP contribution in [-0.4, -0.2) is 20.9 Å². The summed E-state index contributed by atoms with van der Waals surface area (Å²) >= 11 is 1.75. The van der Waals surface area contributed by atoms with Gasteiger partial charge in [-0.25, -0.2) is 4.98 Å². The summed E-state index contributed by atoms with van der Waals surface area (Å²) in [7, 11) is 0. The van der Waals surface area contributed by atoms with Crippen molar-refractivity contribution in [2.75, 3.05) is 0 Å². The van der Waals surface area contributed by atoms with Crippen LogP contribution >= 0.6 is 11.3 Å². The van der Waals surface area contributed by atoms with Crippen LogP contribution in [0, 0.1) is 16.9 Å². The van der Waals surface area contributed by atoms with Crippen molar-refractivity contribution in [1.82, 2.24) is 9.97 Å². The largest absolute Gasteiger partial charge is 0.512 e. The topological polar surface area (TPSA) is 63.1 Å². The maximum atomic E-state index is 12.2. The number of benzene rings is 4. The Morgan fingerprint density at radius 1 is 0.833 bits per heavy atom. The molecule has 0 aliphatic heterocycles. The summed E-state index contributed by atoms with van der Waals surface area (Å²) in [5.41, 5.74) is 2.73. The van der Waals surface area contributed by atoms with Gasteiger partial charge in [0.25, 0.3) is 0 Å². The Balaban J connectivity index is 0.000000251. The first kappa shape index (κ1) is 37.4. The molecule has 2 heterocycles. The van der Waals surface area contributed by atoms with E-state index in [4.69, 9.17) is 4.98 Å². The fourth-order valence-corrected chi connectivity index (χ4v) is 7.32. The zero-order valence-corrected chi connectivity index (χ0v) is 32.6. The second-order valence-corrected chi connectivity index (χ2v) is 14.4. The quantitative estimate of drug-likeness (QED) is 0.0895. The standard InChI is InChI=1S/C27H19N2S.C15H28O2.Ir/c1-16(2)18-13-14-22(21-10-6-5-9-20(18)21)25-24-23-12-11-17-7-3-4-8-19(17)26(23)30-27(24)29-15-28-25;1-7-14(5,8-2)12(16)11-13(17)15(6,9-3)10-4;/h3-13,15-16H,1-2H3;11,16H,7-10H2,1-6H3;/q-1;;/b;12-11-;. The number of ketones is 1. The fraction of sp³-hybridized carbons (Fsp3) is 0.357.